The first-order chi connectivity index (χ1) is 9.27. The third kappa shape index (κ3) is 4.02. The summed E-state index contributed by atoms with van der Waals surface area (Å²) >= 11 is 5.96. The lowest BCUT2D eigenvalue weighted by Gasteiger charge is -2.43. The molecule has 0 bridgehead atoms. The van der Waals surface area contributed by atoms with Crippen LogP contribution in [0.25, 0.3) is 0 Å². The van der Waals surface area contributed by atoms with Gasteiger partial charge in [-0.25, -0.2) is 4.39 Å². The maximum absolute atomic E-state index is 14.4. The van der Waals surface area contributed by atoms with Gasteiger partial charge in [-0.15, -0.1) is 24.8 Å². The molecule has 1 N–H and O–H groups in total. The van der Waals surface area contributed by atoms with E-state index in [4.69, 9.17) is 11.6 Å². The number of benzene rings is 1. The zero-order chi connectivity index (χ0) is 13.2. The summed E-state index contributed by atoms with van der Waals surface area (Å²) in [6.07, 6.45) is 3.69. The molecule has 2 fully saturated rings. The summed E-state index contributed by atoms with van der Waals surface area (Å²) in [7, 11) is 0. The first-order valence-electron chi connectivity index (χ1n) is 7.16. The summed E-state index contributed by atoms with van der Waals surface area (Å²) in [6, 6.07) is 5.62. The number of hydrogen-bond acceptors (Lipinski definition) is 2. The molecule has 1 heterocycles. The standard InChI is InChI=1S/C15H20ClFN2.2ClH/c16-13-6-2-5-12(14(13)17)15(11-3-1-4-11)19-9-7-18-8-10-19;;/h2,5-6,11,15,18H,1,3-4,7-10H2;2*1H/t15-;;/m1../s1. The van der Waals surface area contributed by atoms with E-state index < -0.39 is 0 Å². The van der Waals surface area contributed by atoms with E-state index in [9.17, 15) is 4.39 Å². The quantitative estimate of drug-likeness (QED) is 0.879. The molecule has 0 amide bonds. The van der Waals surface area contributed by atoms with Gasteiger partial charge >= 0.3 is 0 Å². The van der Waals surface area contributed by atoms with Crippen molar-refractivity contribution < 1.29 is 4.39 Å². The van der Waals surface area contributed by atoms with Crippen LogP contribution in [0.2, 0.25) is 5.02 Å². The van der Waals surface area contributed by atoms with Crippen LogP contribution in [-0.4, -0.2) is 31.1 Å². The van der Waals surface area contributed by atoms with Crippen molar-refractivity contribution in [2.75, 3.05) is 26.2 Å². The molecule has 0 aromatic heterocycles. The largest absolute Gasteiger partial charge is 0.314 e. The second-order valence-corrected chi connectivity index (χ2v) is 5.97. The van der Waals surface area contributed by atoms with E-state index in [2.05, 4.69) is 10.2 Å². The average Bonchev–Trinajstić information content (AvgIpc) is 2.38. The smallest absolute Gasteiger partial charge is 0.146 e. The molecule has 2 nitrogen and oxygen atoms in total. The summed E-state index contributed by atoms with van der Waals surface area (Å²) in [4.78, 5) is 2.43. The Morgan fingerprint density at radius 1 is 1.19 bits per heavy atom. The van der Waals surface area contributed by atoms with Gasteiger partial charge in [0.25, 0.3) is 0 Å². The summed E-state index contributed by atoms with van der Waals surface area (Å²) in [5.41, 5.74) is 0.791. The lowest BCUT2D eigenvalue weighted by molar-refractivity contribution is 0.0812. The van der Waals surface area contributed by atoms with Crippen molar-refractivity contribution in [1.29, 1.82) is 0 Å². The molecule has 1 aromatic rings. The van der Waals surface area contributed by atoms with E-state index in [1.807, 2.05) is 12.1 Å². The minimum Gasteiger partial charge on any atom is -0.314 e. The molecular formula is C15H22Cl3FN2. The van der Waals surface area contributed by atoms with Gasteiger partial charge in [-0.3, -0.25) is 4.90 Å². The van der Waals surface area contributed by atoms with Crippen LogP contribution < -0.4 is 5.32 Å². The van der Waals surface area contributed by atoms with Crippen LogP contribution in [0.1, 0.15) is 30.9 Å². The highest BCUT2D eigenvalue weighted by Crippen LogP contribution is 2.42. The molecule has 0 radical (unpaired) electrons. The van der Waals surface area contributed by atoms with Crippen molar-refractivity contribution >= 4 is 36.4 Å². The predicted molar refractivity (Wildman–Crippen MR) is 90.4 cm³/mol. The molecule has 0 spiro atoms. The van der Waals surface area contributed by atoms with Gasteiger partial charge in [0.2, 0.25) is 0 Å². The van der Waals surface area contributed by atoms with Crippen LogP contribution in [0, 0.1) is 11.7 Å². The molecule has 0 unspecified atom stereocenters. The summed E-state index contributed by atoms with van der Waals surface area (Å²) in [5.74, 6) is 0.366. The van der Waals surface area contributed by atoms with Gasteiger partial charge in [-0.1, -0.05) is 30.2 Å². The maximum Gasteiger partial charge on any atom is 0.146 e. The predicted octanol–water partition coefficient (Wildman–Crippen LogP) is 4.07. The number of nitrogens with zero attached hydrogens (tertiary/aromatic N) is 1. The number of halogens is 4. The van der Waals surface area contributed by atoms with E-state index >= 15 is 0 Å². The molecule has 6 heteroatoms. The van der Waals surface area contributed by atoms with Gasteiger partial charge in [0.15, 0.2) is 0 Å². The molecular weight excluding hydrogens is 334 g/mol. The van der Waals surface area contributed by atoms with Crippen LogP contribution in [0.3, 0.4) is 0 Å². The van der Waals surface area contributed by atoms with Gasteiger partial charge in [-0.2, -0.15) is 0 Å². The first-order valence-corrected chi connectivity index (χ1v) is 7.54. The van der Waals surface area contributed by atoms with Crippen molar-refractivity contribution in [2.24, 2.45) is 5.92 Å². The normalized spacial score (nSPS) is 20.9. The van der Waals surface area contributed by atoms with Gasteiger partial charge in [0, 0.05) is 37.8 Å². The molecule has 3 rings (SSSR count). The minimum atomic E-state index is -0.223. The number of rotatable bonds is 3. The van der Waals surface area contributed by atoms with E-state index in [0.29, 0.717) is 5.92 Å². The van der Waals surface area contributed by atoms with Crippen molar-refractivity contribution in [3.05, 3.63) is 34.6 Å². The van der Waals surface area contributed by atoms with E-state index in [-0.39, 0.29) is 41.7 Å². The molecule has 1 saturated heterocycles. The third-order valence-corrected chi connectivity index (χ3v) is 4.73. The lowest BCUT2D eigenvalue weighted by atomic mass is 9.76. The van der Waals surface area contributed by atoms with Crippen molar-refractivity contribution in [2.45, 2.75) is 25.3 Å². The lowest BCUT2D eigenvalue weighted by Crippen LogP contribution is -2.48. The van der Waals surface area contributed by atoms with Crippen molar-refractivity contribution in [3.63, 3.8) is 0 Å². The van der Waals surface area contributed by atoms with Crippen molar-refractivity contribution in [1.82, 2.24) is 10.2 Å². The number of piperazine rings is 1. The minimum absolute atomic E-state index is 0. The fraction of sp³-hybridized carbons (Fsp3) is 0.600. The SMILES string of the molecule is Cl.Cl.Fc1c(Cl)cccc1[C@@H](C1CCC1)N1CCNCC1. The highest BCUT2D eigenvalue weighted by Gasteiger charge is 2.35. The Bertz CT molecular complexity index is 449. The van der Waals surface area contributed by atoms with Gasteiger partial charge in [0.1, 0.15) is 5.82 Å². The monoisotopic (exact) mass is 354 g/mol. The highest BCUT2D eigenvalue weighted by atomic mass is 35.5. The van der Waals surface area contributed by atoms with Gasteiger partial charge in [-0.05, 0) is 24.8 Å². The van der Waals surface area contributed by atoms with Gasteiger partial charge in [0.05, 0.1) is 5.02 Å². The zero-order valence-electron chi connectivity index (χ0n) is 11.9. The Hall–Kier alpha value is -0.0600. The maximum atomic E-state index is 14.4. The summed E-state index contributed by atoms with van der Waals surface area (Å²) in [6.45, 7) is 3.97. The molecule has 1 aliphatic heterocycles. The Kier molecular flexibility index (Phi) is 7.72. The molecule has 1 aliphatic carbocycles. The molecule has 120 valence electrons. The van der Waals surface area contributed by atoms with E-state index in [1.165, 1.54) is 19.3 Å². The second kappa shape index (κ2) is 8.54. The molecule has 1 saturated carbocycles. The summed E-state index contributed by atoms with van der Waals surface area (Å²) < 4.78 is 14.4. The Labute approximate surface area is 143 Å². The molecule has 1 aromatic carbocycles. The van der Waals surface area contributed by atoms with Crippen LogP contribution in [0.5, 0.6) is 0 Å². The number of nitrogens with one attached hydrogen (secondary N) is 1. The Balaban J connectivity index is 0.00000110. The molecule has 21 heavy (non-hydrogen) atoms. The van der Waals surface area contributed by atoms with Gasteiger partial charge < -0.3 is 5.32 Å². The average molecular weight is 356 g/mol. The molecule has 2 aliphatic rings. The number of hydrogen-bond donors (Lipinski definition) is 1. The molecule has 1 atom stereocenters. The van der Waals surface area contributed by atoms with E-state index in [0.717, 1.165) is 31.7 Å². The fourth-order valence-corrected chi connectivity index (χ4v) is 3.40. The fourth-order valence-electron chi connectivity index (χ4n) is 3.21. The Morgan fingerprint density at radius 3 is 2.43 bits per heavy atom. The van der Waals surface area contributed by atoms with Crippen LogP contribution in [0.15, 0.2) is 18.2 Å². The van der Waals surface area contributed by atoms with E-state index in [1.54, 1.807) is 6.07 Å². The third-order valence-electron chi connectivity index (χ3n) is 4.44. The Morgan fingerprint density at radius 2 is 1.86 bits per heavy atom. The van der Waals surface area contributed by atoms with Crippen LogP contribution in [-0.2, 0) is 0 Å². The highest BCUT2D eigenvalue weighted by molar-refractivity contribution is 6.30. The first kappa shape index (κ1) is 19.0. The van der Waals surface area contributed by atoms with Crippen LogP contribution >= 0.6 is 36.4 Å². The second-order valence-electron chi connectivity index (χ2n) is 5.56. The summed E-state index contributed by atoms with van der Waals surface area (Å²) in [5, 5.41) is 3.61. The topological polar surface area (TPSA) is 15.3 Å². The zero-order valence-corrected chi connectivity index (χ0v) is 14.2. The van der Waals surface area contributed by atoms with Crippen molar-refractivity contribution in [3.8, 4) is 0 Å². The van der Waals surface area contributed by atoms with Crippen LogP contribution in [0.4, 0.5) is 4.39 Å².